The van der Waals surface area contributed by atoms with E-state index in [1.165, 1.54) is 18.4 Å². The molecular formula is C14H21ClN2. The molecule has 0 saturated heterocycles. The maximum Gasteiger partial charge on any atom is 0.126 e. The zero-order valence-corrected chi connectivity index (χ0v) is 11.4. The van der Waals surface area contributed by atoms with E-state index < -0.39 is 0 Å². The van der Waals surface area contributed by atoms with E-state index in [1.807, 2.05) is 12.3 Å². The number of nitrogens with one attached hydrogen (secondary N) is 1. The van der Waals surface area contributed by atoms with E-state index in [4.69, 9.17) is 11.6 Å². The summed E-state index contributed by atoms with van der Waals surface area (Å²) >= 11 is 6.19. The summed E-state index contributed by atoms with van der Waals surface area (Å²) < 4.78 is 0. The summed E-state index contributed by atoms with van der Waals surface area (Å²) in [5, 5.41) is 3.56. The number of anilines is 1. The van der Waals surface area contributed by atoms with E-state index in [2.05, 4.69) is 30.2 Å². The van der Waals surface area contributed by atoms with Gasteiger partial charge in [-0.25, -0.2) is 4.98 Å². The highest BCUT2D eigenvalue weighted by Crippen LogP contribution is 2.35. The van der Waals surface area contributed by atoms with Crippen molar-refractivity contribution in [3.8, 4) is 0 Å². The standard InChI is InChI=1S/C14H21ClN2/c1-11-4-3-7-14(8-11,10-15)17-13-6-5-12(2)9-16-13/h5-6,9,11H,3-4,7-8,10H2,1-2H3,(H,16,17). The van der Waals surface area contributed by atoms with Gasteiger partial charge < -0.3 is 5.32 Å². The molecule has 0 aliphatic heterocycles. The number of hydrogen-bond acceptors (Lipinski definition) is 2. The molecule has 2 unspecified atom stereocenters. The average molecular weight is 253 g/mol. The summed E-state index contributed by atoms with van der Waals surface area (Å²) in [5.41, 5.74) is 1.23. The molecule has 1 fully saturated rings. The molecule has 1 N–H and O–H groups in total. The molecule has 0 bridgehead atoms. The van der Waals surface area contributed by atoms with E-state index in [0.717, 1.165) is 24.6 Å². The maximum atomic E-state index is 6.19. The van der Waals surface area contributed by atoms with Crippen molar-refractivity contribution in [3.05, 3.63) is 23.9 Å². The Bertz CT molecular complexity index is 363. The smallest absolute Gasteiger partial charge is 0.126 e. The van der Waals surface area contributed by atoms with Gasteiger partial charge in [0.05, 0.1) is 5.54 Å². The van der Waals surface area contributed by atoms with Crippen LogP contribution in [0, 0.1) is 12.8 Å². The number of halogens is 1. The fourth-order valence-corrected chi connectivity index (χ4v) is 3.05. The third-order valence-electron chi connectivity index (χ3n) is 3.65. The van der Waals surface area contributed by atoms with E-state index >= 15 is 0 Å². The fourth-order valence-electron chi connectivity index (χ4n) is 2.74. The predicted octanol–water partition coefficient (Wildman–Crippen LogP) is 3.99. The van der Waals surface area contributed by atoms with Crippen LogP contribution in [0.1, 0.15) is 38.2 Å². The van der Waals surface area contributed by atoms with Gasteiger partial charge in [0.1, 0.15) is 5.82 Å². The van der Waals surface area contributed by atoms with Crippen LogP contribution in [0.4, 0.5) is 5.82 Å². The van der Waals surface area contributed by atoms with E-state index in [9.17, 15) is 0 Å². The first-order chi connectivity index (χ1) is 8.13. The number of rotatable bonds is 3. The zero-order chi connectivity index (χ0) is 12.3. The molecular weight excluding hydrogens is 232 g/mol. The van der Waals surface area contributed by atoms with Crippen LogP contribution >= 0.6 is 11.6 Å². The molecule has 3 heteroatoms. The van der Waals surface area contributed by atoms with Crippen LogP contribution < -0.4 is 5.32 Å². The Balaban J connectivity index is 2.10. The molecule has 1 aromatic heterocycles. The number of aryl methyl sites for hydroxylation is 1. The van der Waals surface area contributed by atoms with Gasteiger partial charge in [-0.15, -0.1) is 11.6 Å². The molecule has 0 radical (unpaired) electrons. The van der Waals surface area contributed by atoms with Crippen LogP contribution in [0.2, 0.25) is 0 Å². The molecule has 0 spiro atoms. The minimum Gasteiger partial charge on any atom is -0.363 e. The monoisotopic (exact) mass is 252 g/mol. The van der Waals surface area contributed by atoms with E-state index in [-0.39, 0.29) is 5.54 Å². The van der Waals surface area contributed by atoms with Gasteiger partial charge in [0.2, 0.25) is 0 Å². The van der Waals surface area contributed by atoms with Crippen molar-refractivity contribution in [2.24, 2.45) is 5.92 Å². The van der Waals surface area contributed by atoms with Gasteiger partial charge in [-0.2, -0.15) is 0 Å². The molecule has 94 valence electrons. The third-order valence-corrected chi connectivity index (χ3v) is 4.16. The van der Waals surface area contributed by atoms with Crippen LogP contribution in [0.5, 0.6) is 0 Å². The SMILES string of the molecule is Cc1ccc(NC2(CCl)CCCC(C)C2)nc1. The highest BCUT2D eigenvalue weighted by atomic mass is 35.5. The molecule has 1 aliphatic rings. The molecule has 2 atom stereocenters. The van der Waals surface area contributed by atoms with Crippen molar-refractivity contribution in [1.29, 1.82) is 0 Å². The topological polar surface area (TPSA) is 24.9 Å². The third kappa shape index (κ3) is 3.12. The van der Waals surface area contributed by atoms with Crippen molar-refractivity contribution in [3.63, 3.8) is 0 Å². The van der Waals surface area contributed by atoms with Crippen LogP contribution in [0.15, 0.2) is 18.3 Å². The Hall–Kier alpha value is -0.760. The lowest BCUT2D eigenvalue weighted by atomic mass is 9.77. The lowest BCUT2D eigenvalue weighted by Crippen LogP contribution is -2.44. The van der Waals surface area contributed by atoms with Crippen LogP contribution in [0.25, 0.3) is 0 Å². The molecule has 17 heavy (non-hydrogen) atoms. The first kappa shape index (κ1) is 12.7. The summed E-state index contributed by atoms with van der Waals surface area (Å²) in [6, 6.07) is 4.13. The summed E-state index contributed by atoms with van der Waals surface area (Å²) in [5.74, 6) is 2.36. The minimum absolute atomic E-state index is 0.0431. The summed E-state index contributed by atoms with van der Waals surface area (Å²) in [7, 11) is 0. The molecule has 1 heterocycles. The molecule has 0 amide bonds. The average Bonchev–Trinajstić information content (AvgIpc) is 2.32. The number of nitrogens with zero attached hydrogens (tertiary/aromatic N) is 1. The van der Waals surface area contributed by atoms with Gasteiger partial charge in [-0.3, -0.25) is 0 Å². The Morgan fingerprint density at radius 2 is 2.35 bits per heavy atom. The molecule has 2 rings (SSSR count). The van der Waals surface area contributed by atoms with E-state index in [0.29, 0.717) is 5.88 Å². The maximum absolute atomic E-state index is 6.19. The Labute approximate surface area is 109 Å². The lowest BCUT2D eigenvalue weighted by Gasteiger charge is -2.39. The van der Waals surface area contributed by atoms with Gasteiger partial charge in [0, 0.05) is 12.1 Å². The largest absolute Gasteiger partial charge is 0.363 e. The van der Waals surface area contributed by atoms with Crippen molar-refractivity contribution in [2.45, 2.75) is 45.1 Å². The Morgan fingerprint density at radius 1 is 1.53 bits per heavy atom. The van der Waals surface area contributed by atoms with Gasteiger partial charge in [-0.1, -0.05) is 25.8 Å². The Kier molecular flexibility index (Phi) is 3.93. The summed E-state index contributed by atoms with van der Waals surface area (Å²) in [6.45, 7) is 4.36. The lowest BCUT2D eigenvalue weighted by molar-refractivity contribution is 0.279. The second-order valence-corrected chi connectivity index (χ2v) is 5.73. The molecule has 1 saturated carbocycles. The van der Waals surface area contributed by atoms with Crippen molar-refractivity contribution in [1.82, 2.24) is 4.98 Å². The van der Waals surface area contributed by atoms with Gasteiger partial charge in [-0.05, 0) is 37.3 Å². The normalized spacial score (nSPS) is 29.0. The fraction of sp³-hybridized carbons (Fsp3) is 0.643. The predicted molar refractivity (Wildman–Crippen MR) is 73.7 cm³/mol. The number of hydrogen-bond donors (Lipinski definition) is 1. The highest BCUT2D eigenvalue weighted by molar-refractivity contribution is 6.18. The number of alkyl halides is 1. The Morgan fingerprint density at radius 3 is 2.94 bits per heavy atom. The van der Waals surface area contributed by atoms with Gasteiger partial charge in [0.25, 0.3) is 0 Å². The number of pyridine rings is 1. The molecule has 2 nitrogen and oxygen atoms in total. The molecule has 0 aromatic carbocycles. The van der Waals surface area contributed by atoms with Crippen molar-refractivity contribution < 1.29 is 0 Å². The van der Waals surface area contributed by atoms with Crippen LogP contribution in [-0.4, -0.2) is 16.4 Å². The van der Waals surface area contributed by atoms with Crippen LogP contribution in [0.3, 0.4) is 0 Å². The second-order valence-electron chi connectivity index (χ2n) is 5.46. The van der Waals surface area contributed by atoms with Gasteiger partial charge >= 0.3 is 0 Å². The molecule has 1 aromatic rings. The highest BCUT2D eigenvalue weighted by Gasteiger charge is 2.34. The summed E-state index contributed by atoms with van der Waals surface area (Å²) in [6.07, 6.45) is 6.77. The van der Waals surface area contributed by atoms with E-state index in [1.54, 1.807) is 0 Å². The second kappa shape index (κ2) is 5.26. The number of aromatic nitrogens is 1. The van der Waals surface area contributed by atoms with Gasteiger partial charge in [0.15, 0.2) is 0 Å². The van der Waals surface area contributed by atoms with Crippen molar-refractivity contribution >= 4 is 17.4 Å². The first-order valence-electron chi connectivity index (χ1n) is 6.40. The van der Waals surface area contributed by atoms with Crippen LogP contribution in [-0.2, 0) is 0 Å². The first-order valence-corrected chi connectivity index (χ1v) is 6.94. The molecule has 1 aliphatic carbocycles. The minimum atomic E-state index is 0.0431. The zero-order valence-electron chi connectivity index (χ0n) is 10.7. The van der Waals surface area contributed by atoms with Crippen molar-refractivity contribution in [2.75, 3.05) is 11.2 Å². The quantitative estimate of drug-likeness (QED) is 0.823. The summed E-state index contributed by atoms with van der Waals surface area (Å²) in [4.78, 5) is 4.42.